The van der Waals surface area contributed by atoms with E-state index in [2.05, 4.69) is 29.6 Å². The van der Waals surface area contributed by atoms with Gasteiger partial charge in [-0.3, -0.25) is 4.79 Å². The van der Waals surface area contributed by atoms with E-state index < -0.39 is 0 Å². The number of amides is 1. The topological polar surface area (TPSA) is 67.2 Å². The maximum atomic E-state index is 11.5. The van der Waals surface area contributed by atoms with Gasteiger partial charge in [0, 0.05) is 18.4 Å². The van der Waals surface area contributed by atoms with Crippen LogP contribution in [-0.4, -0.2) is 24.7 Å². The van der Waals surface area contributed by atoms with Crippen LogP contribution >= 0.6 is 12.4 Å². The van der Waals surface area contributed by atoms with Crippen LogP contribution in [-0.2, 0) is 11.3 Å². The van der Waals surface area contributed by atoms with Crippen molar-refractivity contribution >= 4 is 18.3 Å². The molecule has 0 spiro atoms. The van der Waals surface area contributed by atoms with E-state index in [1.165, 1.54) is 0 Å². The Morgan fingerprint density at radius 2 is 2.10 bits per heavy atom. The number of carbonyl (C=O) groups excluding carboxylic acids is 1. The highest BCUT2D eigenvalue weighted by molar-refractivity contribution is 5.85. The minimum atomic E-state index is 0. The predicted molar refractivity (Wildman–Crippen MR) is 82.1 cm³/mol. The molecule has 0 bridgehead atoms. The molecule has 6 heteroatoms. The van der Waals surface area contributed by atoms with Gasteiger partial charge in [-0.15, -0.1) is 12.4 Å². The van der Waals surface area contributed by atoms with Gasteiger partial charge >= 0.3 is 0 Å². The monoisotopic (exact) mass is 303 g/mol. The lowest BCUT2D eigenvalue weighted by atomic mass is 9.99. The van der Waals surface area contributed by atoms with Crippen molar-refractivity contribution in [2.24, 2.45) is 0 Å². The van der Waals surface area contributed by atoms with Crippen LogP contribution in [0.2, 0.25) is 0 Å². The Morgan fingerprint density at radius 1 is 1.40 bits per heavy atom. The summed E-state index contributed by atoms with van der Waals surface area (Å²) in [6.45, 7) is 5.57. The standard InChI is InChI=1S/C14H25N3O2.ClH/c1-4-11(5-2)13-9-12(19-17-13)10-16-14(18)7-6-8-15-3;/h9,11,15H,4-8,10H2,1-3H3,(H,16,18);1H. The smallest absolute Gasteiger partial charge is 0.220 e. The van der Waals surface area contributed by atoms with Crippen molar-refractivity contribution in [3.05, 3.63) is 17.5 Å². The number of carbonyl (C=O) groups is 1. The van der Waals surface area contributed by atoms with Crippen LogP contribution in [0.5, 0.6) is 0 Å². The molecule has 0 unspecified atom stereocenters. The van der Waals surface area contributed by atoms with Crippen molar-refractivity contribution in [2.45, 2.75) is 52.0 Å². The molecule has 20 heavy (non-hydrogen) atoms. The molecule has 0 saturated carbocycles. The molecule has 1 rings (SSSR count). The number of halogens is 1. The minimum absolute atomic E-state index is 0. The summed E-state index contributed by atoms with van der Waals surface area (Å²) in [7, 11) is 1.88. The third-order valence-electron chi connectivity index (χ3n) is 3.27. The normalized spacial score (nSPS) is 10.4. The average molecular weight is 304 g/mol. The summed E-state index contributed by atoms with van der Waals surface area (Å²) in [5, 5.41) is 9.94. The quantitative estimate of drug-likeness (QED) is 0.688. The Labute approximate surface area is 127 Å². The molecule has 1 amide bonds. The highest BCUT2D eigenvalue weighted by Crippen LogP contribution is 2.22. The second-order valence-electron chi connectivity index (χ2n) is 4.72. The summed E-state index contributed by atoms with van der Waals surface area (Å²) < 4.78 is 5.25. The molecule has 0 aliphatic rings. The molecule has 2 N–H and O–H groups in total. The summed E-state index contributed by atoms with van der Waals surface area (Å²) in [6.07, 6.45) is 3.49. The maximum absolute atomic E-state index is 11.5. The zero-order chi connectivity index (χ0) is 14.1. The summed E-state index contributed by atoms with van der Waals surface area (Å²) in [5.41, 5.74) is 0.990. The van der Waals surface area contributed by atoms with Crippen molar-refractivity contribution in [3.8, 4) is 0 Å². The van der Waals surface area contributed by atoms with E-state index in [0.29, 0.717) is 18.9 Å². The van der Waals surface area contributed by atoms with Crippen LogP contribution in [0.4, 0.5) is 0 Å². The number of nitrogens with zero attached hydrogens (tertiary/aromatic N) is 1. The molecule has 0 aliphatic heterocycles. The van der Waals surface area contributed by atoms with E-state index in [1.54, 1.807) is 0 Å². The molecule has 116 valence electrons. The van der Waals surface area contributed by atoms with Crippen molar-refractivity contribution in [2.75, 3.05) is 13.6 Å². The minimum Gasteiger partial charge on any atom is -0.359 e. The van der Waals surface area contributed by atoms with Gasteiger partial charge < -0.3 is 15.2 Å². The van der Waals surface area contributed by atoms with Gasteiger partial charge in [0.05, 0.1) is 12.2 Å². The van der Waals surface area contributed by atoms with E-state index in [-0.39, 0.29) is 18.3 Å². The van der Waals surface area contributed by atoms with Crippen molar-refractivity contribution in [3.63, 3.8) is 0 Å². The summed E-state index contributed by atoms with van der Waals surface area (Å²) >= 11 is 0. The molecule has 0 aromatic carbocycles. The van der Waals surface area contributed by atoms with E-state index in [1.807, 2.05) is 13.1 Å². The first-order valence-electron chi connectivity index (χ1n) is 7.08. The van der Waals surface area contributed by atoms with Crippen LogP contribution in [0.25, 0.3) is 0 Å². The Kier molecular flexibility index (Phi) is 10.1. The molecule has 1 aromatic heterocycles. The number of rotatable bonds is 9. The van der Waals surface area contributed by atoms with Crippen LogP contribution in [0.3, 0.4) is 0 Å². The van der Waals surface area contributed by atoms with Crippen LogP contribution < -0.4 is 10.6 Å². The van der Waals surface area contributed by atoms with E-state index in [0.717, 1.165) is 37.3 Å². The molecule has 0 fully saturated rings. The van der Waals surface area contributed by atoms with Gasteiger partial charge in [0.25, 0.3) is 0 Å². The molecule has 1 aromatic rings. The van der Waals surface area contributed by atoms with Gasteiger partial charge in [0.2, 0.25) is 5.91 Å². The molecular weight excluding hydrogens is 278 g/mol. The first-order valence-corrected chi connectivity index (χ1v) is 7.08. The Balaban J connectivity index is 0.00000361. The SMILES string of the molecule is CCC(CC)c1cc(CNC(=O)CCCNC)on1.Cl. The molecule has 0 aliphatic carbocycles. The Bertz CT molecular complexity index is 378. The highest BCUT2D eigenvalue weighted by atomic mass is 35.5. The zero-order valence-electron chi connectivity index (χ0n) is 12.6. The number of hydrogen-bond donors (Lipinski definition) is 2. The fourth-order valence-corrected chi connectivity index (χ4v) is 2.01. The first-order chi connectivity index (χ1) is 9.21. The summed E-state index contributed by atoms with van der Waals surface area (Å²) in [4.78, 5) is 11.5. The van der Waals surface area contributed by atoms with E-state index in [9.17, 15) is 4.79 Å². The van der Waals surface area contributed by atoms with E-state index >= 15 is 0 Å². The van der Waals surface area contributed by atoms with Crippen LogP contribution in [0, 0.1) is 0 Å². The predicted octanol–water partition coefficient (Wildman–Crippen LogP) is 2.62. The lowest BCUT2D eigenvalue weighted by Gasteiger charge is -2.06. The van der Waals surface area contributed by atoms with E-state index in [4.69, 9.17) is 4.52 Å². The lowest BCUT2D eigenvalue weighted by Crippen LogP contribution is -2.23. The van der Waals surface area contributed by atoms with Crippen molar-refractivity contribution in [1.82, 2.24) is 15.8 Å². The molecule has 0 radical (unpaired) electrons. The van der Waals surface area contributed by atoms with Gasteiger partial charge in [0.1, 0.15) is 0 Å². The number of hydrogen-bond acceptors (Lipinski definition) is 4. The second-order valence-corrected chi connectivity index (χ2v) is 4.72. The molecular formula is C14H26ClN3O2. The number of nitrogens with one attached hydrogen (secondary N) is 2. The summed E-state index contributed by atoms with van der Waals surface area (Å²) in [5.74, 6) is 1.23. The fraction of sp³-hybridized carbons (Fsp3) is 0.714. The van der Waals surface area contributed by atoms with Gasteiger partial charge in [-0.05, 0) is 32.9 Å². The lowest BCUT2D eigenvalue weighted by molar-refractivity contribution is -0.121. The van der Waals surface area contributed by atoms with Gasteiger partial charge in [-0.1, -0.05) is 19.0 Å². The third-order valence-corrected chi connectivity index (χ3v) is 3.27. The second kappa shape index (κ2) is 10.7. The fourth-order valence-electron chi connectivity index (χ4n) is 2.01. The number of aromatic nitrogens is 1. The van der Waals surface area contributed by atoms with Crippen LogP contribution in [0.1, 0.15) is 56.9 Å². The molecule has 0 atom stereocenters. The van der Waals surface area contributed by atoms with Gasteiger partial charge in [0.15, 0.2) is 5.76 Å². The maximum Gasteiger partial charge on any atom is 0.220 e. The van der Waals surface area contributed by atoms with Crippen molar-refractivity contribution < 1.29 is 9.32 Å². The van der Waals surface area contributed by atoms with Crippen molar-refractivity contribution in [1.29, 1.82) is 0 Å². The van der Waals surface area contributed by atoms with Gasteiger partial charge in [-0.2, -0.15) is 0 Å². The zero-order valence-corrected chi connectivity index (χ0v) is 13.4. The molecule has 1 heterocycles. The molecule has 5 nitrogen and oxygen atoms in total. The summed E-state index contributed by atoms with van der Waals surface area (Å²) in [6, 6.07) is 1.95. The molecule has 0 saturated heterocycles. The largest absolute Gasteiger partial charge is 0.359 e. The first kappa shape index (κ1) is 18.9. The van der Waals surface area contributed by atoms with Gasteiger partial charge in [-0.25, -0.2) is 0 Å². The Hall–Kier alpha value is -1.07. The third kappa shape index (κ3) is 6.39. The Morgan fingerprint density at radius 3 is 2.70 bits per heavy atom. The van der Waals surface area contributed by atoms with Crippen LogP contribution in [0.15, 0.2) is 10.6 Å². The average Bonchev–Trinajstić information content (AvgIpc) is 2.87. The highest BCUT2D eigenvalue weighted by Gasteiger charge is 2.13.